The maximum absolute atomic E-state index is 12.6. The minimum atomic E-state index is -0.0869. The van der Waals surface area contributed by atoms with Crippen LogP contribution in [-0.4, -0.2) is 27.9 Å². The van der Waals surface area contributed by atoms with Gasteiger partial charge in [0.2, 0.25) is 6.79 Å². The highest BCUT2D eigenvalue weighted by Crippen LogP contribution is 2.33. The smallest absolute Gasteiger partial charge is 0.262 e. The van der Waals surface area contributed by atoms with Gasteiger partial charge >= 0.3 is 0 Å². The zero-order chi connectivity index (χ0) is 18.1. The van der Waals surface area contributed by atoms with Gasteiger partial charge in [0.25, 0.3) is 5.56 Å². The lowest BCUT2D eigenvalue weighted by molar-refractivity contribution is 0.102. The third kappa shape index (κ3) is 2.94. The van der Waals surface area contributed by atoms with Crippen LogP contribution in [0.1, 0.15) is 17.3 Å². The Morgan fingerprint density at radius 2 is 2.00 bits per heavy atom. The predicted octanol–water partition coefficient (Wildman–Crippen LogP) is 3.12. The minimum absolute atomic E-state index is 0.0571. The third-order valence-electron chi connectivity index (χ3n) is 4.17. The summed E-state index contributed by atoms with van der Waals surface area (Å²) in [5.74, 6) is 1.35. The van der Waals surface area contributed by atoms with Gasteiger partial charge in [-0.15, -0.1) is 0 Å². The first-order valence-electron chi connectivity index (χ1n) is 8.22. The van der Waals surface area contributed by atoms with Gasteiger partial charge in [0.1, 0.15) is 0 Å². The molecule has 0 radical (unpaired) electrons. The van der Waals surface area contributed by atoms with Crippen molar-refractivity contribution < 1.29 is 14.3 Å². The van der Waals surface area contributed by atoms with Crippen LogP contribution in [0.25, 0.3) is 10.9 Å². The standard InChI is InChI=1S/C19H16N2O4S/c1-2-21-18(23)13-5-3-4-6-14(13)20-19(21)26-10-15(22)12-7-8-16-17(9-12)25-11-24-16/h3-9H,2,10-11H2,1H3. The topological polar surface area (TPSA) is 70.4 Å². The van der Waals surface area contributed by atoms with Crippen molar-refractivity contribution in [1.82, 2.24) is 9.55 Å². The first-order chi connectivity index (χ1) is 12.7. The normalized spacial score (nSPS) is 12.5. The number of nitrogens with zero attached hydrogens (tertiary/aromatic N) is 2. The zero-order valence-electron chi connectivity index (χ0n) is 14.1. The number of Topliss-reactive ketones (excluding diaryl/α,β-unsaturated/α-hetero) is 1. The van der Waals surface area contributed by atoms with Gasteiger partial charge in [-0.05, 0) is 37.3 Å². The fourth-order valence-corrected chi connectivity index (χ4v) is 3.78. The van der Waals surface area contributed by atoms with Crippen LogP contribution in [0.3, 0.4) is 0 Å². The number of fused-ring (bicyclic) bond motifs is 2. The number of rotatable bonds is 5. The number of benzene rings is 2. The van der Waals surface area contributed by atoms with Gasteiger partial charge in [0.15, 0.2) is 22.4 Å². The van der Waals surface area contributed by atoms with E-state index in [2.05, 4.69) is 4.98 Å². The van der Waals surface area contributed by atoms with Crippen LogP contribution in [0, 0.1) is 0 Å². The molecule has 0 aliphatic carbocycles. The molecule has 0 saturated heterocycles. The van der Waals surface area contributed by atoms with Gasteiger partial charge in [0, 0.05) is 12.1 Å². The average molecular weight is 368 g/mol. The molecule has 1 aliphatic rings. The molecule has 0 saturated carbocycles. The number of ether oxygens (including phenoxy) is 2. The molecule has 0 N–H and O–H groups in total. The molecule has 7 heteroatoms. The van der Waals surface area contributed by atoms with E-state index in [1.54, 1.807) is 34.9 Å². The van der Waals surface area contributed by atoms with E-state index >= 15 is 0 Å². The molecule has 26 heavy (non-hydrogen) atoms. The van der Waals surface area contributed by atoms with Gasteiger partial charge in [-0.2, -0.15) is 0 Å². The lowest BCUT2D eigenvalue weighted by Crippen LogP contribution is -2.22. The van der Waals surface area contributed by atoms with Crippen LogP contribution in [0.15, 0.2) is 52.4 Å². The van der Waals surface area contributed by atoms with E-state index in [-0.39, 0.29) is 23.9 Å². The molecule has 0 spiro atoms. The van der Waals surface area contributed by atoms with Crippen molar-refractivity contribution in [1.29, 1.82) is 0 Å². The second kappa shape index (κ2) is 6.84. The molecule has 2 aromatic carbocycles. The first-order valence-corrected chi connectivity index (χ1v) is 9.21. The van der Waals surface area contributed by atoms with Crippen LogP contribution >= 0.6 is 11.8 Å². The molecule has 0 unspecified atom stereocenters. The van der Waals surface area contributed by atoms with Crippen molar-refractivity contribution in [2.24, 2.45) is 0 Å². The molecule has 4 rings (SSSR count). The number of para-hydroxylation sites is 1. The Kier molecular flexibility index (Phi) is 4.38. The molecule has 1 aromatic heterocycles. The Morgan fingerprint density at radius 1 is 1.19 bits per heavy atom. The highest BCUT2D eigenvalue weighted by atomic mass is 32.2. The van der Waals surface area contributed by atoms with Gasteiger partial charge in [0.05, 0.1) is 16.7 Å². The minimum Gasteiger partial charge on any atom is -0.454 e. The van der Waals surface area contributed by atoms with E-state index in [1.807, 2.05) is 19.1 Å². The van der Waals surface area contributed by atoms with E-state index < -0.39 is 0 Å². The van der Waals surface area contributed by atoms with E-state index in [1.165, 1.54) is 11.8 Å². The summed E-state index contributed by atoms with van der Waals surface area (Å²) >= 11 is 1.27. The molecule has 0 amide bonds. The monoisotopic (exact) mass is 368 g/mol. The van der Waals surface area contributed by atoms with Gasteiger partial charge < -0.3 is 9.47 Å². The summed E-state index contributed by atoms with van der Waals surface area (Å²) < 4.78 is 12.2. The average Bonchev–Trinajstić information content (AvgIpc) is 3.14. The summed E-state index contributed by atoms with van der Waals surface area (Å²) in [6.45, 7) is 2.56. The maximum Gasteiger partial charge on any atom is 0.262 e. The van der Waals surface area contributed by atoms with Crippen molar-refractivity contribution in [3.63, 3.8) is 0 Å². The van der Waals surface area contributed by atoms with Crippen molar-refractivity contribution in [3.05, 3.63) is 58.4 Å². The molecule has 0 atom stereocenters. The molecular formula is C19H16N2O4S. The molecule has 1 aliphatic heterocycles. The Balaban J connectivity index is 1.59. The van der Waals surface area contributed by atoms with Crippen molar-refractivity contribution in [2.45, 2.75) is 18.6 Å². The zero-order valence-corrected chi connectivity index (χ0v) is 14.9. The summed E-state index contributed by atoms with van der Waals surface area (Å²) in [5, 5.41) is 1.13. The highest BCUT2D eigenvalue weighted by Gasteiger charge is 2.17. The highest BCUT2D eigenvalue weighted by molar-refractivity contribution is 7.99. The predicted molar refractivity (Wildman–Crippen MR) is 99.3 cm³/mol. The summed E-state index contributed by atoms with van der Waals surface area (Å²) in [7, 11) is 0. The number of hydrogen-bond acceptors (Lipinski definition) is 6. The molecular weight excluding hydrogens is 352 g/mol. The second-order valence-electron chi connectivity index (χ2n) is 5.74. The van der Waals surface area contributed by atoms with Crippen molar-refractivity contribution in [3.8, 4) is 11.5 Å². The van der Waals surface area contributed by atoms with Crippen LogP contribution in [0.5, 0.6) is 11.5 Å². The Morgan fingerprint density at radius 3 is 2.85 bits per heavy atom. The van der Waals surface area contributed by atoms with E-state index in [4.69, 9.17) is 9.47 Å². The van der Waals surface area contributed by atoms with Crippen LogP contribution in [-0.2, 0) is 6.54 Å². The van der Waals surface area contributed by atoms with Gasteiger partial charge in [-0.3, -0.25) is 14.2 Å². The maximum atomic E-state index is 12.6. The molecule has 2 heterocycles. The SMILES string of the molecule is CCn1c(SCC(=O)c2ccc3c(c2)OCO3)nc2ccccc2c1=O. The number of ketones is 1. The number of thioether (sulfide) groups is 1. The quantitative estimate of drug-likeness (QED) is 0.391. The van der Waals surface area contributed by atoms with Crippen LogP contribution in [0.4, 0.5) is 0 Å². The van der Waals surface area contributed by atoms with E-state index in [0.717, 1.165) is 0 Å². The Bertz CT molecular complexity index is 1060. The molecule has 3 aromatic rings. The second-order valence-corrected chi connectivity index (χ2v) is 6.68. The molecule has 132 valence electrons. The lowest BCUT2D eigenvalue weighted by Gasteiger charge is -2.11. The number of carbonyl (C=O) groups is 1. The summed E-state index contributed by atoms with van der Waals surface area (Å²) in [4.78, 5) is 29.7. The fraction of sp³-hybridized carbons (Fsp3) is 0.211. The van der Waals surface area contributed by atoms with Crippen molar-refractivity contribution >= 4 is 28.4 Å². The third-order valence-corrected chi connectivity index (χ3v) is 5.15. The number of hydrogen-bond donors (Lipinski definition) is 0. The van der Waals surface area contributed by atoms with Gasteiger partial charge in [-0.25, -0.2) is 4.98 Å². The number of carbonyl (C=O) groups excluding carboxylic acids is 1. The van der Waals surface area contributed by atoms with Crippen LogP contribution < -0.4 is 15.0 Å². The van der Waals surface area contributed by atoms with E-state index in [9.17, 15) is 9.59 Å². The first kappa shape index (κ1) is 16.7. The Hall–Kier alpha value is -2.80. The number of aromatic nitrogens is 2. The van der Waals surface area contributed by atoms with Crippen LogP contribution in [0.2, 0.25) is 0 Å². The summed E-state index contributed by atoms with van der Waals surface area (Å²) in [5.41, 5.74) is 1.10. The molecule has 6 nitrogen and oxygen atoms in total. The van der Waals surface area contributed by atoms with Gasteiger partial charge in [-0.1, -0.05) is 23.9 Å². The van der Waals surface area contributed by atoms with E-state index in [0.29, 0.717) is 39.7 Å². The summed E-state index contributed by atoms with van der Waals surface area (Å²) in [6.07, 6.45) is 0. The fourth-order valence-electron chi connectivity index (χ4n) is 2.82. The lowest BCUT2D eigenvalue weighted by atomic mass is 10.1. The molecule has 0 bridgehead atoms. The Labute approximate surface area is 153 Å². The van der Waals surface area contributed by atoms with Crippen molar-refractivity contribution in [2.75, 3.05) is 12.5 Å². The largest absolute Gasteiger partial charge is 0.454 e. The molecule has 0 fully saturated rings. The summed E-state index contributed by atoms with van der Waals surface area (Å²) in [6, 6.07) is 12.4.